The summed E-state index contributed by atoms with van der Waals surface area (Å²) in [6.45, 7) is 9.05. The van der Waals surface area contributed by atoms with Gasteiger partial charge in [0.2, 0.25) is 0 Å². The molecule has 1 fully saturated rings. The second kappa shape index (κ2) is 9.69. The standard InChI is InChI=1S/C22H31N3/c1-2-3-13-24-14-16-25(17-15-24)19-23-22-12-8-7-11-21(22)18-20-9-5-4-6-10-20/h4-10,18H,2-3,11-17,19H2,1H3. The lowest BCUT2D eigenvalue weighted by molar-refractivity contribution is 0.134. The topological polar surface area (TPSA) is 18.8 Å². The van der Waals surface area contributed by atoms with E-state index in [2.05, 4.69) is 65.3 Å². The number of hydrogen-bond acceptors (Lipinski definition) is 3. The summed E-state index contributed by atoms with van der Waals surface area (Å²) in [6, 6.07) is 10.6. The van der Waals surface area contributed by atoms with Crippen LogP contribution >= 0.6 is 0 Å². The predicted octanol–water partition coefficient (Wildman–Crippen LogP) is 4.24. The van der Waals surface area contributed by atoms with Gasteiger partial charge in [-0.15, -0.1) is 0 Å². The van der Waals surface area contributed by atoms with Crippen LogP contribution in [-0.2, 0) is 0 Å². The number of allylic oxidation sites excluding steroid dienone is 3. The highest BCUT2D eigenvalue weighted by molar-refractivity contribution is 6.05. The summed E-state index contributed by atoms with van der Waals surface area (Å²) < 4.78 is 0. The quantitative estimate of drug-likeness (QED) is 0.723. The maximum Gasteiger partial charge on any atom is 0.0913 e. The first-order chi connectivity index (χ1) is 12.3. The zero-order valence-electron chi connectivity index (χ0n) is 15.5. The summed E-state index contributed by atoms with van der Waals surface area (Å²) in [6.07, 6.45) is 11.4. The molecule has 0 spiro atoms. The van der Waals surface area contributed by atoms with E-state index in [9.17, 15) is 0 Å². The van der Waals surface area contributed by atoms with Crippen molar-refractivity contribution in [2.75, 3.05) is 39.4 Å². The molecule has 1 aromatic rings. The fraction of sp³-hybridized carbons (Fsp3) is 0.500. The SMILES string of the molecule is CCCCN1CCN(CN=C2CC=CCC2=Cc2ccccc2)CC1. The van der Waals surface area contributed by atoms with Crippen LogP contribution in [0.2, 0.25) is 0 Å². The molecule has 3 nitrogen and oxygen atoms in total. The van der Waals surface area contributed by atoms with E-state index >= 15 is 0 Å². The Morgan fingerprint density at radius 1 is 0.960 bits per heavy atom. The van der Waals surface area contributed by atoms with Crippen LogP contribution in [0.15, 0.2) is 53.0 Å². The lowest BCUT2D eigenvalue weighted by Crippen LogP contribution is -2.46. The number of hydrogen-bond donors (Lipinski definition) is 0. The van der Waals surface area contributed by atoms with Crippen LogP contribution in [0, 0.1) is 0 Å². The Balaban J connectivity index is 1.57. The minimum Gasteiger partial charge on any atom is -0.301 e. The average molecular weight is 338 g/mol. The van der Waals surface area contributed by atoms with E-state index in [0.29, 0.717) is 0 Å². The molecule has 25 heavy (non-hydrogen) atoms. The first-order valence-electron chi connectivity index (χ1n) is 9.74. The Hall–Kier alpha value is -1.71. The summed E-state index contributed by atoms with van der Waals surface area (Å²) in [7, 11) is 0. The second-order valence-electron chi connectivity index (χ2n) is 7.02. The Bertz CT molecular complexity index is 607. The highest BCUT2D eigenvalue weighted by atomic mass is 15.3. The van der Waals surface area contributed by atoms with Gasteiger partial charge < -0.3 is 4.90 Å². The molecule has 0 N–H and O–H groups in total. The van der Waals surface area contributed by atoms with Crippen LogP contribution in [0.1, 0.15) is 38.2 Å². The molecule has 1 aliphatic heterocycles. The third-order valence-electron chi connectivity index (χ3n) is 5.08. The molecular weight excluding hydrogens is 306 g/mol. The van der Waals surface area contributed by atoms with Gasteiger partial charge in [-0.25, -0.2) is 0 Å². The molecule has 2 aliphatic rings. The van der Waals surface area contributed by atoms with E-state index in [1.807, 2.05) is 0 Å². The van der Waals surface area contributed by atoms with Crippen molar-refractivity contribution in [3.8, 4) is 0 Å². The van der Waals surface area contributed by atoms with E-state index in [1.165, 1.54) is 49.3 Å². The van der Waals surface area contributed by atoms with Gasteiger partial charge in [-0.1, -0.05) is 55.8 Å². The Labute approximate surface area is 152 Å². The van der Waals surface area contributed by atoms with Crippen LogP contribution in [-0.4, -0.2) is 54.9 Å². The predicted molar refractivity (Wildman–Crippen MR) is 108 cm³/mol. The lowest BCUT2D eigenvalue weighted by atomic mass is 9.96. The van der Waals surface area contributed by atoms with Gasteiger partial charge >= 0.3 is 0 Å². The van der Waals surface area contributed by atoms with Crippen molar-refractivity contribution in [3.05, 3.63) is 53.6 Å². The summed E-state index contributed by atoms with van der Waals surface area (Å²) >= 11 is 0. The summed E-state index contributed by atoms with van der Waals surface area (Å²) in [5.41, 5.74) is 3.90. The highest BCUT2D eigenvalue weighted by Crippen LogP contribution is 2.19. The molecule has 3 rings (SSSR count). The van der Waals surface area contributed by atoms with E-state index in [4.69, 9.17) is 4.99 Å². The van der Waals surface area contributed by atoms with Crippen molar-refractivity contribution in [3.63, 3.8) is 0 Å². The molecule has 0 atom stereocenters. The van der Waals surface area contributed by atoms with Crippen molar-refractivity contribution in [1.82, 2.24) is 9.80 Å². The van der Waals surface area contributed by atoms with E-state index in [0.717, 1.165) is 32.6 Å². The number of nitrogens with zero attached hydrogens (tertiary/aromatic N) is 3. The first-order valence-corrected chi connectivity index (χ1v) is 9.74. The minimum atomic E-state index is 0.844. The zero-order chi connectivity index (χ0) is 17.3. The number of unbranched alkanes of at least 4 members (excludes halogenated alkanes) is 1. The normalized spacial score (nSPS) is 22.8. The lowest BCUT2D eigenvalue weighted by Gasteiger charge is -2.33. The van der Waals surface area contributed by atoms with Crippen LogP contribution in [0.3, 0.4) is 0 Å². The molecule has 0 saturated carbocycles. The maximum atomic E-state index is 4.98. The fourth-order valence-electron chi connectivity index (χ4n) is 3.43. The summed E-state index contributed by atoms with van der Waals surface area (Å²) in [5.74, 6) is 0. The Kier molecular flexibility index (Phi) is 7.01. The van der Waals surface area contributed by atoms with E-state index < -0.39 is 0 Å². The van der Waals surface area contributed by atoms with Crippen LogP contribution in [0.5, 0.6) is 0 Å². The van der Waals surface area contributed by atoms with Gasteiger partial charge in [0.15, 0.2) is 0 Å². The molecule has 0 radical (unpaired) electrons. The van der Waals surface area contributed by atoms with Crippen LogP contribution in [0.25, 0.3) is 6.08 Å². The number of aliphatic imine (C=N–C) groups is 1. The smallest absolute Gasteiger partial charge is 0.0913 e. The van der Waals surface area contributed by atoms with Gasteiger partial charge in [0.1, 0.15) is 0 Å². The van der Waals surface area contributed by atoms with Gasteiger partial charge in [0, 0.05) is 38.3 Å². The fourth-order valence-corrected chi connectivity index (χ4v) is 3.43. The number of piperazine rings is 1. The summed E-state index contributed by atoms with van der Waals surface area (Å²) in [5, 5.41) is 0. The monoisotopic (exact) mass is 337 g/mol. The molecule has 0 amide bonds. The van der Waals surface area contributed by atoms with Gasteiger partial charge in [-0.05, 0) is 36.6 Å². The van der Waals surface area contributed by atoms with E-state index in [-0.39, 0.29) is 0 Å². The molecule has 134 valence electrons. The zero-order valence-corrected chi connectivity index (χ0v) is 15.5. The number of benzene rings is 1. The maximum absolute atomic E-state index is 4.98. The van der Waals surface area contributed by atoms with Gasteiger partial charge in [-0.2, -0.15) is 0 Å². The molecular formula is C22H31N3. The highest BCUT2D eigenvalue weighted by Gasteiger charge is 2.16. The van der Waals surface area contributed by atoms with Gasteiger partial charge in [0.05, 0.1) is 6.67 Å². The molecule has 1 heterocycles. The first kappa shape index (κ1) is 18.1. The molecule has 1 saturated heterocycles. The average Bonchev–Trinajstić information content (AvgIpc) is 2.67. The Morgan fingerprint density at radius 2 is 1.68 bits per heavy atom. The van der Waals surface area contributed by atoms with Gasteiger partial charge in [0.25, 0.3) is 0 Å². The van der Waals surface area contributed by atoms with Gasteiger partial charge in [-0.3, -0.25) is 9.89 Å². The third kappa shape index (κ3) is 5.65. The van der Waals surface area contributed by atoms with Crippen molar-refractivity contribution in [2.24, 2.45) is 4.99 Å². The third-order valence-corrected chi connectivity index (χ3v) is 5.08. The minimum absolute atomic E-state index is 0.844. The van der Waals surface area contributed by atoms with Crippen molar-refractivity contribution in [2.45, 2.75) is 32.6 Å². The van der Waals surface area contributed by atoms with Crippen molar-refractivity contribution >= 4 is 11.8 Å². The van der Waals surface area contributed by atoms with Crippen molar-refractivity contribution < 1.29 is 0 Å². The second-order valence-corrected chi connectivity index (χ2v) is 7.02. The largest absolute Gasteiger partial charge is 0.301 e. The van der Waals surface area contributed by atoms with Crippen LogP contribution in [0.4, 0.5) is 0 Å². The molecule has 1 aromatic carbocycles. The van der Waals surface area contributed by atoms with Crippen molar-refractivity contribution in [1.29, 1.82) is 0 Å². The number of rotatable bonds is 6. The molecule has 3 heteroatoms. The summed E-state index contributed by atoms with van der Waals surface area (Å²) in [4.78, 5) is 10.1. The molecule has 0 aromatic heterocycles. The molecule has 0 bridgehead atoms. The van der Waals surface area contributed by atoms with Crippen LogP contribution < -0.4 is 0 Å². The van der Waals surface area contributed by atoms with E-state index in [1.54, 1.807) is 0 Å². The molecule has 0 unspecified atom stereocenters. The Morgan fingerprint density at radius 3 is 2.44 bits per heavy atom. The molecule has 1 aliphatic carbocycles.